The largest absolute Gasteiger partial charge is 0.409 e. The first-order valence-corrected chi connectivity index (χ1v) is 6.01. The average molecular weight is 251 g/mol. The van der Waals surface area contributed by atoms with Gasteiger partial charge in [-0.1, -0.05) is 29.4 Å². The van der Waals surface area contributed by atoms with E-state index in [1.165, 1.54) is 0 Å². The lowest BCUT2D eigenvalue weighted by Gasteiger charge is -2.18. The van der Waals surface area contributed by atoms with Crippen molar-refractivity contribution in [2.75, 3.05) is 26.8 Å². The van der Waals surface area contributed by atoms with Crippen molar-refractivity contribution in [2.24, 2.45) is 10.9 Å². The molecule has 1 rings (SSSR count). The van der Waals surface area contributed by atoms with Gasteiger partial charge in [-0.3, -0.25) is 4.90 Å². The van der Waals surface area contributed by atoms with Crippen LogP contribution in [0.15, 0.2) is 29.4 Å². The molecule has 5 nitrogen and oxygen atoms in total. The van der Waals surface area contributed by atoms with E-state index < -0.39 is 0 Å². The summed E-state index contributed by atoms with van der Waals surface area (Å²) in [6.45, 7) is 5.00. The van der Waals surface area contributed by atoms with Gasteiger partial charge in [0.25, 0.3) is 0 Å². The molecule has 1 aromatic carbocycles. The zero-order valence-corrected chi connectivity index (χ0v) is 11.0. The second kappa shape index (κ2) is 7.68. The SMILES string of the molecule is CCOCCN(C)Cc1ccccc1/C(N)=N/O. The van der Waals surface area contributed by atoms with Crippen LogP contribution in [0.2, 0.25) is 0 Å². The van der Waals surface area contributed by atoms with Gasteiger partial charge >= 0.3 is 0 Å². The highest BCUT2D eigenvalue weighted by Gasteiger charge is 2.08. The van der Waals surface area contributed by atoms with Gasteiger partial charge in [-0.25, -0.2) is 0 Å². The molecule has 0 unspecified atom stereocenters. The molecule has 0 aromatic heterocycles. The summed E-state index contributed by atoms with van der Waals surface area (Å²) < 4.78 is 5.31. The maximum atomic E-state index is 8.75. The standard InChI is InChI=1S/C13H21N3O2/c1-3-18-9-8-16(2)10-11-6-4-5-7-12(11)13(14)15-17/h4-7,17H,3,8-10H2,1-2H3,(H2,14,15). The highest BCUT2D eigenvalue weighted by Crippen LogP contribution is 2.10. The molecule has 0 aliphatic carbocycles. The van der Waals surface area contributed by atoms with E-state index in [0.717, 1.165) is 30.8 Å². The fourth-order valence-corrected chi connectivity index (χ4v) is 1.70. The molecule has 1 aromatic rings. The van der Waals surface area contributed by atoms with Gasteiger partial charge in [-0.2, -0.15) is 0 Å². The maximum absolute atomic E-state index is 8.75. The van der Waals surface area contributed by atoms with Crippen LogP contribution in [-0.2, 0) is 11.3 Å². The number of benzene rings is 1. The van der Waals surface area contributed by atoms with Gasteiger partial charge < -0.3 is 15.7 Å². The number of nitrogens with two attached hydrogens (primary N) is 1. The van der Waals surface area contributed by atoms with E-state index in [1.54, 1.807) is 0 Å². The Hall–Kier alpha value is -1.59. The van der Waals surface area contributed by atoms with Gasteiger partial charge in [0.05, 0.1) is 6.61 Å². The Morgan fingerprint density at radius 2 is 2.17 bits per heavy atom. The molecule has 0 aliphatic heterocycles. The molecule has 0 radical (unpaired) electrons. The highest BCUT2D eigenvalue weighted by molar-refractivity contribution is 5.98. The van der Waals surface area contributed by atoms with Crippen molar-refractivity contribution in [1.29, 1.82) is 0 Å². The molecule has 0 bridgehead atoms. The van der Waals surface area contributed by atoms with Crippen LogP contribution in [0.1, 0.15) is 18.1 Å². The third-order valence-electron chi connectivity index (χ3n) is 2.66. The number of likely N-dealkylation sites (N-methyl/N-ethyl adjacent to an activating group) is 1. The summed E-state index contributed by atoms with van der Waals surface area (Å²) in [5, 5.41) is 11.8. The Balaban J connectivity index is 2.66. The van der Waals surface area contributed by atoms with E-state index in [9.17, 15) is 0 Å². The topological polar surface area (TPSA) is 71.1 Å². The number of hydrogen-bond donors (Lipinski definition) is 2. The van der Waals surface area contributed by atoms with Crippen LogP contribution in [0.4, 0.5) is 0 Å². The maximum Gasteiger partial charge on any atom is 0.170 e. The van der Waals surface area contributed by atoms with Crippen molar-refractivity contribution in [1.82, 2.24) is 4.90 Å². The lowest BCUT2D eigenvalue weighted by atomic mass is 10.1. The van der Waals surface area contributed by atoms with E-state index in [2.05, 4.69) is 10.1 Å². The quantitative estimate of drug-likeness (QED) is 0.251. The molecule has 100 valence electrons. The number of hydrogen-bond acceptors (Lipinski definition) is 4. The Labute approximate surface area is 108 Å². The highest BCUT2D eigenvalue weighted by atomic mass is 16.5. The second-order valence-electron chi connectivity index (χ2n) is 4.08. The molecular weight excluding hydrogens is 230 g/mol. The Morgan fingerprint density at radius 1 is 1.44 bits per heavy atom. The van der Waals surface area contributed by atoms with Gasteiger partial charge in [0.15, 0.2) is 5.84 Å². The number of ether oxygens (including phenoxy) is 1. The molecular formula is C13H21N3O2. The Morgan fingerprint density at radius 3 is 2.83 bits per heavy atom. The predicted molar refractivity (Wildman–Crippen MR) is 71.8 cm³/mol. The minimum absolute atomic E-state index is 0.142. The molecule has 0 spiro atoms. The van der Waals surface area contributed by atoms with Crippen LogP contribution < -0.4 is 5.73 Å². The summed E-state index contributed by atoms with van der Waals surface area (Å²) in [4.78, 5) is 2.14. The van der Waals surface area contributed by atoms with Gasteiger partial charge in [0, 0.05) is 25.3 Å². The van der Waals surface area contributed by atoms with E-state index in [-0.39, 0.29) is 5.84 Å². The minimum atomic E-state index is 0.142. The van der Waals surface area contributed by atoms with E-state index in [0.29, 0.717) is 6.61 Å². The van der Waals surface area contributed by atoms with Crippen LogP contribution in [0.5, 0.6) is 0 Å². The average Bonchev–Trinajstić information content (AvgIpc) is 2.39. The molecule has 0 aliphatic rings. The fourth-order valence-electron chi connectivity index (χ4n) is 1.70. The monoisotopic (exact) mass is 251 g/mol. The van der Waals surface area contributed by atoms with Crippen molar-refractivity contribution >= 4 is 5.84 Å². The first-order valence-electron chi connectivity index (χ1n) is 6.01. The van der Waals surface area contributed by atoms with Gasteiger partial charge in [0.2, 0.25) is 0 Å². The summed E-state index contributed by atoms with van der Waals surface area (Å²) in [6.07, 6.45) is 0. The second-order valence-corrected chi connectivity index (χ2v) is 4.08. The summed E-state index contributed by atoms with van der Waals surface area (Å²) in [7, 11) is 2.02. The zero-order chi connectivity index (χ0) is 13.4. The first kappa shape index (κ1) is 14.5. The molecule has 0 atom stereocenters. The summed E-state index contributed by atoms with van der Waals surface area (Å²) in [6, 6.07) is 7.64. The van der Waals surface area contributed by atoms with Crippen LogP contribution in [0.25, 0.3) is 0 Å². The summed E-state index contributed by atoms with van der Waals surface area (Å²) in [5.41, 5.74) is 7.45. The third-order valence-corrected chi connectivity index (χ3v) is 2.66. The molecule has 3 N–H and O–H groups in total. The number of rotatable bonds is 7. The third kappa shape index (κ3) is 4.35. The van der Waals surface area contributed by atoms with Gasteiger partial charge in [-0.05, 0) is 19.5 Å². The predicted octanol–water partition coefficient (Wildman–Crippen LogP) is 1.25. The fraction of sp³-hybridized carbons (Fsp3) is 0.462. The lowest BCUT2D eigenvalue weighted by molar-refractivity contribution is 0.120. The van der Waals surface area contributed by atoms with Gasteiger partial charge in [-0.15, -0.1) is 0 Å². The van der Waals surface area contributed by atoms with Crippen molar-refractivity contribution in [3.63, 3.8) is 0 Å². The summed E-state index contributed by atoms with van der Waals surface area (Å²) >= 11 is 0. The molecule has 5 heteroatoms. The van der Waals surface area contributed by atoms with E-state index >= 15 is 0 Å². The van der Waals surface area contributed by atoms with Crippen molar-refractivity contribution < 1.29 is 9.94 Å². The van der Waals surface area contributed by atoms with Crippen LogP contribution in [0, 0.1) is 0 Å². The number of oxime groups is 1. The summed E-state index contributed by atoms with van der Waals surface area (Å²) in [5.74, 6) is 0.142. The smallest absolute Gasteiger partial charge is 0.170 e. The molecule has 18 heavy (non-hydrogen) atoms. The number of amidine groups is 1. The molecule has 0 saturated heterocycles. The van der Waals surface area contributed by atoms with Crippen LogP contribution in [-0.4, -0.2) is 42.7 Å². The van der Waals surface area contributed by atoms with Gasteiger partial charge in [0.1, 0.15) is 0 Å². The van der Waals surface area contributed by atoms with Crippen molar-refractivity contribution in [3.05, 3.63) is 35.4 Å². The Kier molecular flexibility index (Phi) is 6.18. The first-order chi connectivity index (χ1) is 8.69. The minimum Gasteiger partial charge on any atom is -0.409 e. The van der Waals surface area contributed by atoms with E-state index in [1.807, 2.05) is 38.2 Å². The molecule has 0 saturated carbocycles. The Bertz CT molecular complexity index is 394. The van der Waals surface area contributed by atoms with Crippen molar-refractivity contribution in [2.45, 2.75) is 13.5 Å². The molecule has 0 amide bonds. The van der Waals surface area contributed by atoms with Crippen LogP contribution in [0.3, 0.4) is 0 Å². The zero-order valence-electron chi connectivity index (χ0n) is 11.0. The normalized spacial score (nSPS) is 12.1. The molecule has 0 heterocycles. The molecule has 0 fully saturated rings. The van der Waals surface area contributed by atoms with E-state index in [4.69, 9.17) is 15.7 Å². The van der Waals surface area contributed by atoms with Crippen LogP contribution >= 0.6 is 0 Å². The van der Waals surface area contributed by atoms with Crippen molar-refractivity contribution in [3.8, 4) is 0 Å². The number of nitrogens with zero attached hydrogens (tertiary/aromatic N) is 2. The lowest BCUT2D eigenvalue weighted by Crippen LogP contribution is -2.25.